The molecule has 2 heterocycles. The van der Waals surface area contributed by atoms with E-state index < -0.39 is 6.10 Å². The van der Waals surface area contributed by atoms with E-state index in [0.29, 0.717) is 26.2 Å². The molecule has 0 aromatic rings. The first-order chi connectivity index (χ1) is 6.75. The van der Waals surface area contributed by atoms with E-state index in [9.17, 15) is 9.90 Å². The van der Waals surface area contributed by atoms with Gasteiger partial charge in [0.2, 0.25) is 0 Å². The fourth-order valence-corrected chi connectivity index (χ4v) is 1.75. The fourth-order valence-electron chi connectivity index (χ4n) is 1.75. The van der Waals surface area contributed by atoms with E-state index in [0.717, 1.165) is 6.42 Å². The summed E-state index contributed by atoms with van der Waals surface area (Å²) in [6, 6.07) is -0.342. The molecule has 2 aliphatic rings. The maximum atomic E-state index is 11.5. The molecule has 14 heavy (non-hydrogen) atoms. The number of rotatable bonds is 2. The predicted molar refractivity (Wildman–Crippen MR) is 47.7 cm³/mol. The largest absolute Gasteiger partial charge is 0.459 e. The van der Waals surface area contributed by atoms with Crippen molar-refractivity contribution in [3.63, 3.8) is 0 Å². The molecule has 2 rings (SSSR count). The third kappa shape index (κ3) is 2.23. The van der Waals surface area contributed by atoms with Gasteiger partial charge in [-0.25, -0.2) is 0 Å². The van der Waals surface area contributed by atoms with E-state index >= 15 is 0 Å². The molecule has 2 fully saturated rings. The van der Waals surface area contributed by atoms with Gasteiger partial charge in [0, 0.05) is 19.4 Å². The van der Waals surface area contributed by atoms with E-state index in [1.165, 1.54) is 0 Å². The van der Waals surface area contributed by atoms with E-state index in [1.807, 2.05) is 0 Å². The first-order valence-corrected chi connectivity index (χ1v) is 4.95. The zero-order valence-corrected chi connectivity index (χ0v) is 7.94. The van der Waals surface area contributed by atoms with Gasteiger partial charge in [-0.3, -0.25) is 4.79 Å². The summed E-state index contributed by atoms with van der Waals surface area (Å²) < 4.78 is 10.3. The Morgan fingerprint density at radius 3 is 3.00 bits per heavy atom. The van der Waals surface area contributed by atoms with E-state index in [-0.39, 0.29) is 18.1 Å². The van der Waals surface area contributed by atoms with Crippen LogP contribution in [0.25, 0.3) is 0 Å². The number of hydrogen-bond donors (Lipinski definition) is 2. The van der Waals surface area contributed by atoms with Crippen LogP contribution >= 0.6 is 0 Å². The quantitative estimate of drug-likeness (QED) is 0.563. The number of carbonyl (C=O) groups is 1. The zero-order valence-electron chi connectivity index (χ0n) is 7.94. The van der Waals surface area contributed by atoms with Crippen molar-refractivity contribution in [2.75, 3.05) is 19.8 Å². The molecule has 0 radical (unpaired) electrons. The molecule has 2 saturated heterocycles. The van der Waals surface area contributed by atoms with Gasteiger partial charge >= 0.3 is 5.97 Å². The van der Waals surface area contributed by atoms with Crippen LogP contribution in [0.1, 0.15) is 12.8 Å². The van der Waals surface area contributed by atoms with Crippen LogP contribution in [-0.2, 0) is 14.3 Å². The lowest BCUT2D eigenvalue weighted by Crippen LogP contribution is -2.35. The van der Waals surface area contributed by atoms with Crippen molar-refractivity contribution in [3.8, 4) is 0 Å². The molecule has 5 nitrogen and oxygen atoms in total. The van der Waals surface area contributed by atoms with Gasteiger partial charge in [-0.2, -0.15) is 0 Å². The number of hydrogen-bond acceptors (Lipinski definition) is 5. The summed E-state index contributed by atoms with van der Waals surface area (Å²) in [5.41, 5.74) is 0. The van der Waals surface area contributed by atoms with Crippen LogP contribution in [0.15, 0.2) is 0 Å². The Hall–Kier alpha value is -0.650. The molecule has 80 valence electrons. The van der Waals surface area contributed by atoms with Crippen LogP contribution < -0.4 is 5.32 Å². The third-order valence-corrected chi connectivity index (χ3v) is 2.56. The van der Waals surface area contributed by atoms with Crippen molar-refractivity contribution in [2.24, 2.45) is 0 Å². The number of ether oxygens (including phenoxy) is 2. The van der Waals surface area contributed by atoms with Crippen molar-refractivity contribution >= 4 is 5.97 Å². The lowest BCUT2D eigenvalue weighted by Gasteiger charge is -2.13. The molecule has 0 aromatic carbocycles. The second-order valence-corrected chi connectivity index (χ2v) is 3.77. The molecule has 0 bridgehead atoms. The minimum Gasteiger partial charge on any atom is -0.459 e. The summed E-state index contributed by atoms with van der Waals surface area (Å²) in [6.45, 7) is 1.64. The first-order valence-electron chi connectivity index (χ1n) is 4.95. The molecule has 5 heteroatoms. The molecule has 0 aromatic heterocycles. The smallest absolute Gasteiger partial charge is 0.323 e. The Morgan fingerprint density at radius 2 is 2.43 bits per heavy atom. The van der Waals surface area contributed by atoms with Crippen molar-refractivity contribution < 1.29 is 19.4 Å². The first kappa shape index (κ1) is 9.89. The summed E-state index contributed by atoms with van der Waals surface area (Å²) in [7, 11) is 0. The van der Waals surface area contributed by atoms with E-state index in [4.69, 9.17) is 9.47 Å². The number of β-amino-alcohol motifs (C(OH)–C–C–N with tert-alkyl or cyclic N) is 1. The van der Waals surface area contributed by atoms with Crippen molar-refractivity contribution in [1.29, 1.82) is 0 Å². The molecule has 0 amide bonds. The van der Waals surface area contributed by atoms with Crippen LogP contribution in [0.4, 0.5) is 0 Å². The molecule has 1 unspecified atom stereocenters. The number of aliphatic hydroxyl groups excluding tert-OH is 1. The van der Waals surface area contributed by atoms with Crippen molar-refractivity contribution in [1.82, 2.24) is 5.32 Å². The summed E-state index contributed by atoms with van der Waals surface area (Å²) in [5.74, 6) is -0.267. The zero-order chi connectivity index (χ0) is 9.97. The normalized spacial score (nSPS) is 37.4. The fraction of sp³-hybridized carbons (Fsp3) is 0.889. The molecule has 0 aliphatic carbocycles. The third-order valence-electron chi connectivity index (χ3n) is 2.56. The van der Waals surface area contributed by atoms with Crippen LogP contribution in [0.2, 0.25) is 0 Å². The second kappa shape index (κ2) is 4.25. The number of carbonyl (C=O) groups excluding carboxylic acids is 1. The topological polar surface area (TPSA) is 67.8 Å². The summed E-state index contributed by atoms with van der Waals surface area (Å²) in [4.78, 5) is 11.5. The van der Waals surface area contributed by atoms with Gasteiger partial charge < -0.3 is 19.9 Å². The molecule has 0 saturated carbocycles. The Morgan fingerprint density at radius 1 is 1.57 bits per heavy atom. The Balaban J connectivity index is 1.77. The number of esters is 1. The highest BCUT2D eigenvalue weighted by Gasteiger charge is 2.31. The average Bonchev–Trinajstić information content (AvgIpc) is 2.75. The van der Waals surface area contributed by atoms with Gasteiger partial charge in [-0.1, -0.05) is 0 Å². The minimum absolute atomic E-state index is 0.0953. The molecule has 2 N–H and O–H groups in total. The van der Waals surface area contributed by atoms with Gasteiger partial charge in [0.25, 0.3) is 0 Å². The lowest BCUT2D eigenvalue weighted by molar-refractivity contribution is -0.151. The molecule has 2 aliphatic heterocycles. The van der Waals surface area contributed by atoms with Crippen LogP contribution in [0.5, 0.6) is 0 Å². The molecule has 3 atom stereocenters. The minimum atomic E-state index is -0.424. The number of aliphatic hydroxyl groups is 1. The van der Waals surface area contributed by atoms with Gasteiger partial charge in [-0.05, 0) is 0 Å². The highest BCUT2D eigenvalue weighted by atomic mass is 16.6. The maximum Gasteiger partial charge on any atom is 0.323 e. The van der Waals surface area contributed by atoms with Gasteiger partial charge in [-0.15, -0.1) is 0 Å². The summed E-state index contributed by atoms with van der Waals surface area (Å²) in [5, 5.41) is 12.1. The predicted octanol–water partition coefficient (Wildman–Crippen LogP) is -0.959. The Bertz CT molecular complexity index is 215. The maximum absolute atomic E-state index is 11.5. The molecular weight excluding hydrogens is 186 g/mol. The van der Waals surface area contributed by atoms with Crippen LogP contribution in [0.3, 0.4) is 0 Å². The van der Waals surface area contributed by atoms with Gasteiger partial charge in [0.05, 0.1) is 19.3 Å². The van der Waals surface area contributed by atoms with Crippen LogP contribution in [0, 0.1) is 0 Å². The van der Waals surface area contributed by atoms with Gasteiger partial charge in [0.1, 0.15) is 12.1 Å². The molecule has 0 spiro atoms. The Labute approximate surface area is 82.4 Å². The number of nitrogens with one attached hydrogen (secondary N) is 1. The summed E-state index contributed by atoms with van der Waals surface area (Å²) in [6.07, 6.45) is 0.711. The van der Waals surface area contributed by atoms with Crippen LogP contribution in [-0.4, -0.2) is 49.1 Å². The van der Waals surface area contributed by atoms with Gasteiger partial charge in [0.15, 0.2) is 0 Å². The van der Waals surface area contributed by atoms with Crippen molar-refractivity contribution in [3.05, 3.63) is 0 Å². The SMILES string of the molecule is O=C(OC1CCOC1)[C@@H]1C[C@@H](O)CN1. The average molecular weight is 201 g/mol. The highest BCUT2D eigenvalue weighted by Crippen LogP contribution is 2.13. The lowest BCUT2D eigenvalue weighted by atomic mass is 10.2. The highest BCUT2D eigenvalue weighted by molar-refractivity contribution is 5.76. The van der Waals surface area contributed by atoms with E-state index in [1.54, 1.807) is 0 Å². The monoisotopic (exact) mass is 201 g/mol. The van der Waals surface area contributed by atoms with Crippen molar-refractivity contribution in [2.45, 2.75) is 31.1 Å². The Kier molecular flexibility index (Phi) is 3.00. The van der Waals surface area contributed by atoms with E-state index in [2.05, 4.69) is 5.32 Å². The molecular formula is C9H15NO4. The standard InChI is InChI=1S/C9H15NO4/c11-6-3-8(10-4-6)9(12)14-7-1-2-13-5-7/h6-8,10-11H,1-5H2/t6-,7?,8+/m1/s1. The summed E-state index contributed by atoms with van der Waals surface area (Å²) >= 11 is 0. The second-order valence-electron chi connectivity index (χ2n) is 3.77.